The van der Waals surface area contributed by atoms with Crippen LogP contribution in [-0.4, -0.2) is 31.0 Å². The summed E-state index contributed by atoms with van der Waals surface area (Å²) in [5.41, 5.74) is 5.30. The first-order valence-electron chi connectivity index (χ1n) is 5.74. The quantitative estimate of drug-likeness (QED) is 0.709. The van der Waals surface area contributed by atoms with E-state index in [4.69, 9.17) is 20.3 Å². The normalized spacial score (nSPS) is 14.1. The molecule has 96 valence electrons. The summed E-state index contributed by atoms with van der Waals surface area (Å²) in [6.45, 7) is 2.38. The summed E-state index contributed by atoms with van der Waals surface area (Å²) in [4.78, 5) is 0. The Kier molecular flexibility index (Phi) is 5.25. The molecule has 1 unspecified atom stereocenters. The molecule has 1 aromatic carbocycles. The number of nitrogens with two attached hydrogens (primary N) is 1. The maximum atomic E-state index is 9.01. The van der Waals surface area contributed by atoms with Crippen LogP contribution < -0.4 is 15.2 Å². The molecule has 0 heterocycles. The Hall–Kier alpha value is -1.26. The van der Waals surface area contributed by atoms with E-state index in [1.54, 1.807) is 7.11 Å². The van der Waals surface area contributed by atoms with Crippen molar-refractivity contribution < 1.29 is 14.6 Å². The zero-order valence-corrected chi connectivity index (χ0v) is 10.5. The Balaban J connectivity index is 2.36. The minimum absolute atomic E-state index is 0.0122. The first kappa shape index (κ1) is 13.8. The highest BCUT2D eigenvalue weighted by molar-refractivity contribution is 5.39. The van der Waals surface area contributed by atoms with Crippen LogP contribution in [0.2, 0.25) is 0 Å². The SMILES string of the molecule is COc1ccccc1OCCCC(C)(N)CO. The van der Waals surface area contributed by atoms with Gasteiger partial charge in [-0.25, -0.2) is 0 Å². The van der Waals surface area contributed by atoms with Crippen molar-refractivity contribution in [3.05, 3.63) is 24.3 Å². The average Bonchev–Trinajstić information content (AvgIpc) is 2.35. The van der Waals surface area contributed by atoms with E-state index in [-0.39, 0.29) is 6.61 Å². The van der Waals surface area contributed by atoms with Gasteiger partial charge < -0.3 is 20.3 Å². The van der Waals surface area contributed by atoms with Crippen molar-refractivity contribution in [1.82, 2.24) is 0 Å². The van der Waals surface area contributed by atoms with Gasteiger partial charge in [0.25, 0.3) is 0 Å². The van der Waals surface area contributed by atoms with Crippen LogP contribution in [0.15, 0.2) is 24.3 Å². The number of hydrogen-bond acceptors (Lipinski definition) is 4. The van der Waals surface area contributed by atoms with E-state index >= 15 is 0 Å². The minimum atomic E-state index is -0.524. The second-order valence-electron chi connectivity index (χ2n) is 4.42. The lowest BCUT2D eigenvalue weighted by molar-refractivity contribution is 0.187. The first-order valence-corrected chi connectivity index (χ1v) is 5.74. The molecule has 1 aromatic rings. The summed E-state index contributed by atoms with van der Waals surface area (Å²) in [5, 5.41) is 9.01. The van der Waals surface area contributed by atoms with E-state index < -0.39 is 5.54 Å². The van der Waals surface area contributed by atoms with E-state index in [9.17, 15) is 0 Å². The highest BCUT2D eigenvalue weighted by Gasteiger charge is 2.16. The third kappa shape index (κ3) is 4.63. The summed E-state index contributed by atoms with van der Waals surface area (Å²) < 4.78 is 10.8. The molecule has 0 aliphatic heterocycles. The Morgan fingerprint density at radius 1 is 1.29 bits per heavy atom. The van der Waals surface area contributed by atoms with Crippen LogP contribution in [0.1, 0.15) is 19.8 Å². The fourth-order valence-corrected chi connectivity index (χ4v) is 1.48. The molecule has 0 aliphatic carbocycles. The van der Waals surface area contributed by atoms with Gasteiger partial charge in [0.2, 0.25) is 0 Å². The van der Waals surface area contributed by atoms with Crippen molar-refractivity contribution in [2.24, 2.45) is 5.73 Å². The molecule has 4 heteroatoms. The fraction of sp³-hybridized carbons (Fsp3) is 0.538. The van der Waals surface area contributed by atoms with Crippen molar-refractivity contribution in [2.45, 2.75) is 25.3 Å². The zero-order chi connectivity index (χ0) is 12.7. The molecule has 17 heavy (non-hydrogen) atoms. The van der Waals surface area contributed by atoms with Crippen LogP contribution in [-0.2, 0) is 0 Å². The summed E-state index contributed by atoms with van der Waals surface area (Å²) >= 11 is 0. The molecule has 0 fully saturated rings. The van der Waals surface area contributed by atoms with E-state index in [1.165, 1.54) is 0 Å². The highest BCUT2D eigenvalue weighted by Crippen LogP contribution is 2.26. The van der Waals surface area contributed by atoms with Gasteiger partial charge in [-0.3, -0.25) is 0 Å². The Bertz CT molecular complexity index is 339. The van der Waals surface area contributed by atoms with Crippen molar-refractivity contribution in [3.63, 3.8) is 0 Å². The van der Waals surface area contributed by atoms with Crippen molar-refractivity contribution in [3.8, 4) is 11.5 Å². The van der Waals surface area contributed by atoms with Gasteiger partial charge in [0.1, 0.15) is 0 Å². The molecular formula is C13H21NO3. The third-order valence-corrected chi connectivity index (χ3v) is 2.58. The average molecular weight is 239 g/mol. The summed E-state index contributed by atoms with van der Waals surface area (Å²) in [6, 6.07) is 7.52. The van der Waals surface area contributed by atoms with Gasteiger partial charge in [-0.2, -0.15) is 0 Å². The lowest BCUT2D eigenvalue weighted by Crippen LogP contribution is -2.40. The van der Waals surface area contributed by atoms with Crippen LogP contribution >= 0.6 is 0 Å². The van der Waals surface area contributed by atoms with Crippen LogP contribution in [0.5, 0.6) is 11.5 Å². The highest BCUT2D eigenvalue weighted by atomic mass is 16.5. The molecule has 0 saturated heterocycles. The topological polar surface area (TPSA) is 64.7 Å². The van der Waals surface area contributed by atoms with Gasteiger partial charge >= 0.3 is 0 Å². The van der Waals surface area contributed by atoms with Gasteiger partial charge in [-0.05, 0) is 31.9 Å². The minimum Gasteiger partial charge on any atom is -0.493 e. The maximum Gasteiger partial charge on any atom is 0.161 e. The van der Waals surface area contributed by atoms with Gasteiger partial charge in [-0.1, -0.05) is 12.1 Å². The smallest absolute Gasteiger partial charge is 0.161 e. The summed E-state index contributed by atoms with van der Waals surface area (Å²) in [5.74, 6) is 1.46. The van der Waals surface area contributed by atoms with Crippen molar-refractivity contribution in [1.29, 1.82) is 0 Å². The molecule has 1 rings (SSSR count). The Morgan fingerprint density at radius 3 is 2.53 bits per heavy atom. The van der Waals surface area contributed by atoms with Gasteiger partial charge in [0.15, 0.2) is 11.5 Å². The largest absolute Gasteiger partial charge is 0.493 e. The predicted octanol–water partition coefficient (Wildman–Crippen LogP) is 1.56. The number of aliphatic hydroxyl groups is 1. The van der Waals surface area contributed by atoms with E-state index in [2.05, 4.69) is 0 Å². The summed E-state index contributed by atoms with van der Waals surface area (Å²) in [6.07, 6.45) is 1.52. The number of methoxy groups -OCH3 is 1. The lowest BCUT2D eigenvalue weighted by Gasteiger charge is -2.21. The number of benzene rings is 1. The molecule has 0 amide bonds. The van der Waals surface area contributed by atoms with E-state index in [1.807, 2.05) is 31.2 Å². The van der Waals surface area contributed by atoms with Crippen molar-refractivity contribution >= 4 is 0 Å². The van der Waals surface area contributed by atoms with Gasteiger partial charge in [0, 0.05) is 5.54 Å². The molecule has 0 saturated carbocycles. The number of para-hydroxylation sites is 2. The van der Waals surface area contributed by atoms with E-state index in [0.717, 1.165) is 24.3 Å². The second kappa shape index (κ2) is 6.47. The number of rotatable bonds is 7. The second-order valence-corrected chi connectivity index (χ2v) is 4.42. The molecule has 0 bridgehead atoms. The molecule has 0 radical (unpaired) electrons. The zero-order valence-electron chi connectivity index (χ0n) is 10.5. The number of hydrogen-bond donors (Lipinski definition) is 2. The van der Waals surface area contributed by atoms with Crippen LogP contribution in [0, 0.1) is 0 Å². The fourth-order valence-electron chi connectivity index (χ4n) is 1.48. The Labute approximate surface area is 102 Å². The number of aliphatic hydroxyl groups excluding tert-OH is 1. The maximum absolute atomic E-state index is 9.01. The van der Waals surface area contributed by atoms with E-state index in [0.29, 0.717) is 6.61 Å². The molecule has 0 aliphatic rings. The molecule has 0 aromatic heterocycles. The Morgan fingerprint density at radius 2 is 1.94 bits per heavy atom. The lowest BCUT2D eigenvalue weighted by atomic mass is 9.99. The van der Waals surface area contributed by atoms with Crippen LogP contribution in [0.4, 0.5) is 0 Å². The monoisotopic (exact) mass is 239 g/mol. The predicted molar refractivity (Wildman–Crippen MR) is 67.4 cm³/mol. The van der Waals surface area contributed by atoms with Crippen LogP contribution in [0.25, 0.3) is 0 Å². The van der Waals surface area contributed by atoms with Crippen LogP contribution in [0.3, 0.4) is 0 Å². The molecule has 4 nitrogen and oxygen atoms in total. The first-order chi connectivity index (χ1) is 8.09. The molecule has 0 spiro atoms. The van der Waals surface area contributed by atoms with Gasteiger partial charge in [0.05, 0.1) is 20.3 Å². The molecule has 3 N–H and O–H groups in total. The van der Waals surface area contributed by atoms with Gasteiger partial charge in [-0.15, -0.1) is 0 Å². The standard InChI is InChI=1S/C13H21NO3/c1-13(14,10-15)8-5-9-17-12-7-4-3-6-11(12)16-2/h3-4,6-7,15H,5,8-10,14H2,1-2H3. The molecular weight excluding hydrogens is 218 g/mol. The third-order valence-electron chi connectivity index (χ3n) is 2.58. The summed E-state index contributed by atoms with van der Waals surface area (Å²) in [7, 11) is 1.62. The molecule has 1 atom stereocenters. The van der Waals surface area contributed by atoms with Crippen molar-refractivity contribution in [2.75, 3.05) is 20.3 Å². The number of ether oxygens (including phenoxy) is 2.